The molecule has 0 amide bonds. The molecule has 1 atom stereocenters. The predicted molar refractivity (Wildman–Crippen MR) is 233 cm³/mol. The summed E-state index contributed by atoms with van der Waals surface area (Å²) in [5, 5.41) is 9.58. The first-order valence-electron chi connectivity index (χ1n) is 22.5. The lowest BCUT2D eigenvalue weighted by atomic mass is 10.0. The fraction of sp³-hybridized carbons (Fsp3) is 0.714. The van der Waals surface area contributed by atoms with Gasteiger partial charge in [0.2, 0.25) is 0 Å². The minimum Gasteiger partial charge on any atom is -0.462 e. The van der Waals surface area contributed by atoms with Gasteiger partial charge in [-0.2, -0.15) is 0 Å². The molecule has 0 aromatic rings. The van der Waals surface area contributed by atoms with Crippen LogP contribution in [0.5, 0.6) is 0 Å². The largest absolute Gasteiger partial charge is 0.462 e. The van der Waals surface area contributed by atoms with Crippen molar-refractivity contribution in [2.75, 3.05) is 13.2 Å². The van der Waals surface area contributed by atoms with Crippen molar-refractivity contribution in [3.8, 4) is 0 Å². The van der Waals surface area contributed by atoms with Gasteiger partial charge in [-0.1, -0.05) is 215 Å². The molecule has 0 radical (unpaired) electrons. The summed E-state index contributed by atoms with van der Waals surface area (Å²) < 4.78 is 10.6. The molecule has 0 spiro atoms. The lowest BCUT2D eigenvalue weighted by Gasteiger charge is -2.15. The average Bonchev–Trinajstić information content (AvgIpc) is 3.17. The molecular weight excluding hydrogens is 669 g/mol. The Kier molecular flexibility index (Phi) is 42.5. The molecule has 0 aliphatic heterocycles. The molecule has 0 aromatic carbocycles. The number of ether oxygens (including phenoxy) is 2. The van der Waals surface area contributed by atoms with Gasteiger partial charge in [-0.3, -0.25) is 9.59 Å². The van der Waals surface area contributed by atoms with Crippen molar-refractivity contribution in [3.63, 3.8) is 0 Å². The fourth-order valence-electron chi connectivity index (χ4n) is 6.17. The quantitative estimate of drug-likeness (QED) is 0.0383. The zero-order chi connectivity index (χ0) is 39.3. The molecule has 54 heavy (non-hydrogen) atoms. The van der Waals surface area contributed by atoms with Crippen molar-refractivity contribution < 1.29 is 24.2 Å². The summed E-state index contributed by atoms with van der Waals surface area (Å²) in [6.45, 7) is 3.97. The number of carbonyl (C=O) groups is 2. The van der Waals surface area contributed by atoms with Crippen LogP contribution in [0.15, 0.2) is 72.9 Å². The van der Waals surface area contributed by atoms with E-state index in [1.165, 1.54) is 116 Å². The second kappa shape index (κ2) is 44.7. The third kappa shape index (κ3) is 42.1. The van der Waals surface area contributed by atoms with Gasteiger partial charge in [0.05, 0.1) is 6.61 Å². The van der Waals surface area contributed by atoms with E-state index in [2.05, 4.69) is 74.6 Å². The number of aliphatic hydroxyl groups is 1. The Labute approximate surface area is 333 Å². The fourth-order valence-corrected chi connectivity index (χ4v) is 6.17. The number of hydrogen-bond donors (Lipinski definition) is 1. The van der Waals surface area contributed by atoms with Crippen LogP contribution in [0, 0.1) is 0 Å². The van der Waals surface area contributed by atoms with E-state index in [9.17, 15) is 14.7 Å². The Hall–Kier alpha value is -2.66. The van der Waals surface area contributed by atoms with Gasteiger partial charge in [0.25, 0.3) is 0 Å². The van der Waals surface area contributed by atoms with Crippen molar-refractivity contribution in [1.82, 2.24) is 0 Å². The number of esters is 2. The number of unbranched alkanes of at least 4 members (excludes halogenated alkanes) is 20. The first-order chi connectivity index (χ1) is 26.6. The molecule has 0 heterocycles. The van der Waals surface area contributed by atoms with Crippen LogP contribution >= 0.6 is 0 Å². The molecule has 0 aliphatic carbocycles. The molecule has 0 saturated heterocycles. The van der Waals surface area contributed by atoms with Gasteiger partial charge in [-0.25, -0.2) is 0 Å². The first kappa shape index (κ1) is 51.3. The van der Waals surface area contributed by atoms with Crippen LogP contribution in [0.4, 0.5) is 0 Å². The highest BCUT2D eigenvalue weighted by Gasteiger charge is 2.15. The predicted octanol–water partition coefficient (Wildman–Crippen LogP) is 14.5. The van der Waals surface area contributed by atoms with Crippen LogP contribution in [0.2, 0.25) is 0 Å². The van der Waals surface area contributed by atoms with Crippen molar-refractivity contribution in [3.05, 3.63) is 72.9 Å². The average molecular weight is 753 g/mol. The van der Waals surface area contributed by atoms with E-state index < -0.39 is 12.1 Å². The third-order valence-corrected chi connectivity index (χ3v) is 9.53. The van der Waals surface area contributed by atoms with Crippen molar-refractivity contribution in [2.45, 2.75) is 213 Å². The zero-order valence-electron chi connectivity index (χ0n) is 35.2. The Bertz CT molecular complexity index is 988. The van der Waals surface area contributed by atoms with Crippen LogP contribution in [-0.2, 0) is 19.1 Å². The summed E-state index contributed by atoms with van der Waals surface area (Å²) in [5.41, 5.74) is 0. The number of allylic oxidation sites excluding steroid dienone is 12. The highest BCUT2D eigenvalue weighted by Crippen LogP contribution is 2.15. The number of rotatable bonds is 40. The Morgan fingerprint density at radius 3 is 1.17 bits per heavy atom. The minimum atomic E-state index is -0.813. The van der Waals surface area contributed by atoms with Gasteiger partial charge in [0.15, 0.2) is 6.10 Å². The van der Waals surface area contributed by atoms with Gasteiger partial charge >= 0.3 is 11.9 Å². The molecule has 5 heteroatoms. The Morgan fingerprint density at radius 2 is 0.796 bits per heavy atom. The van der Waals surface area contributed by atoms with Gasteiger partial charge in [-0.05, 0) is 51.4 Å². The molecule has 1 N–H and O–H groups in total. The van der Waals surface area contributed by atoms with E-state index in [1.807, 2.05) is 12.2 Å². The first-order valence-corrected chi connectivity index (χ1v) is 22.5. The maximum absolute atomic E-state index is 12.2. The van der Waals surface area contributed by atoms with Crippen molar-refractivity contribution >= 4 is 11.9 Å². The van der Waals surface area contributed by atoms with Gasteiger partial charge in [0, 0.05) is 12.8 Å². The molecule has 0 aromatic heterocycles. The van der Waals surface area contributed by atoms with Crippen molar-refractivity contribution in [1.29, 1.82) is 0 Å². The number of hydrogen-bond acceptors (Lipinski definition) is 5. The number of aliphatic hydroxyl groups excluding tert-OH is 1. The van der Waals surface area contributed by atoms with E-state index in [1.54, 1.807) is 0 Å². The summed E-state index contributed by atoms with van der Waals surface area (Å²) in [7, 11) is 0. The van der Waals surface area contributed by atoms with E-state index >= 15 is 0 Å². The summed E-state index contributed by atoms with van der Waals surface area (Å²) in [4.78, 5) is 24.3. The van der Waals surface area contributed by atoms with Crippen LogP contribution in [0.1, 0.15) is 206 Å². The zero-order valence-corrected chi connectivity index (χ0v) is 35.2. The highest BCUT2D eigenvalue weighted by molar-refractivity contribution is 5.70. The normalized spacial score (nSPS) is 12.9. The molecular formula is C49H84O5. The molecule has 0 fully saturated rings. The monoisotopic (exact) mass is 753 g/mol. The topological polar surface area (TPSA) is 72.8 Å². The second-order valence-electron chi connectivity index (χ2n) is 14.8. The molecule has 0 aliphatic rings. The Morgan fingerprint density at radius 1 is 0.444 bits per heavy atom. The lowest BCUT2D eigenvalue weighted by Crippen LogP contribution is -2.28. The summed E-state index contributed by atoms with van der Waals surface area (Å²) >= 11 is 0. The Balaban J connectivity index is 3.62. The summed E-state index contributed by atoms with van der Waals surface area (Å²) in [6.07, 6.45) is 59.9. The molecule has 0 rings (SSSR count). The third-order valence-electron chi connectivity index (χ3n) is 9.53. The van der Waals surface area contributed by atoms with Crippen LogP contribution in [0.3, 0.4) is 0 Å². The lowest BCUT2D eigenvalue weighted by molar-refractivity contribution is -0.161. The highest BCUT2D eigenvalue weighted by atomic mass is 16.6. The molecule has 1 unspecified atom stereocenters. The maximum atomic E-state index is 12.2. The molecule has 310 valence electrons. The van der Waals surface area contributed by atoms with Crippen LogP contribution in [0.25, 0.3) is 0 Å². The smallest absolute Gasteiger partial charge is 0.306 e. The molecule has 0 bridgehead atoms. The molecule has 5 nitrogen and oxygen atoms in total. The summed E-state index contributed by atoms with van der Waals surface area (Å²) in [5.74, 6) is -0.686. The van der Waals surface area contributed by atoms with Crippen LogP contribution in [-0.4, -0.2) is 36.4 Å². The second-order valence-corrected chi connectivity index (χ2v) is 14.8. The minimum absolute atomic E-state index is 0.0970. The van der Waals surface area contributed by atoms with E-state index in [-0.39, 0.29) is 25.6 Å². The maximum Gasteiger partial charge on any atom is 0.306 e. The van der Waals surface area contributed by atoms with Gasteiger partial charge in [-0.15, -0.1) is 0 Å². The summed E-state index contributed by atoms with van der Waals surface area (Å²) in [6, 6.07) is 0. The van der Waals surface area contributed by atoms with Gasteiger partial charge in [0.1, 0.15) is 6.61 Å². The van der Waals surface area contributed by atoms with E-state index in [0.29, 0.717) is 12.8 Å². The van der Waals surface area contributed by atoms with E-state index in [0.717, 1.165) is 57.8 Å². The standard InChI is InChI=1S/C49H84O5/c1-3-5-7-9-11-13-15-17-19-21-23-24-26-27-29-31-33-35-37-39-41-43-48(51)53-46-47(45-50)54-49(52)44-42-40-38-36-34-32-30-28-25-22-20-18-16-14-12-10-8-6-4-2/h6,8,12,14,18,20,25,28,32,34,38,40,47,50H,3-5,7,9-11,13,15-17,19,21-24,26-27,29-31,33,35-37,39,41-46H2,1-2H3. The van der Waals surface area contributed by atoms with Crippen molar-refractivity contribution in [2.24, 2.45) is 0 Å². The molecule has 0 saturated carbocycles. The van der Waals surface area contributed by atoms with Crippen LogP contribution < -0.4 is 0 Å². The SMILES string of the molecule is CCC=CCC=CCC=CCC=CCC=CCC=CCCC(=O)OC(CO)COC(=O)CCCCCCCCCCCCCCCCCCCCCCC. The van der Waals surface area contributed by atoms with Gasteiger partial charge < -0.3 is 14.6 Å². The van der Waals surface area contributed by atoms with E-state index in [4.69, 9.17) is 9.47 Å². The number of carbonyl (C=O) groups excluding carboxylic acids is 2.